The number of aromatic nitrogens is 1. The zero-order valence-corrected chi connectivity index (χ0v) is 14.4. The van der Waals surface area contributed by atoms with Crippen molar-refractivity contribution < 1.29 is 9.59 Å². The summed E-state index contributed by atoms with van der Waals surface area (Å²) in [6, 6.07) is 11.8. The quantitative estimate of drug-likeness (QED) is 0.806. The molecule has 0 bridgehead atoms. The first kappa shape index (κ1) is 16.0. The second kappa shape index (κ2) is 6.43. The normalized spacial score (nSPS) is 26.0. The second-order valence-electron chi connectivity index (χ2n) is 7.34. The van der Waals surface area contributed by atoms with Crippen molar-refractivity contribution in [2.45, 2.75) is 32.6 Å². The van der Waals surface area contributed by atoms with Crippen LogP contribution in [0.3, 0.4) is 0 Å². The van der Waals surface area contributed by atoms with Gasteiger partial charge in [0.2, 0.25) is 11.8 Å². The molecule has 128 valence electrons. The lowest BCUT2D eigenvalue weighted by molar-refractivity contribution is -0.122. The summed E-state index contributed by atoms with van der Waals surface area (Å²) in [6.07, 6.45) is 7.10. The molecule has 4 nitrogen and oxygen atoms in total. The maximum atomic E-state index is 12.8. The Morgan fingerprint density at radius 2 is 1.56 bits per heavy atom. The van der Waals surface area contributed by atoms with E-state index in [4.69, 9.17) is 0 Å². The summed E-state index contributed by atoms with van der Waals surface area (Å²) in [4.78, 5) is 31.0. The monoisotopic (exact) mass is 334 g/mol. The number of carbonyl (C=O) groups is 2. The van der Waals surface area contributed by atoms with E-state index >= 15 is 0 Å². The Morgan fingerprint density at radius 1 is 0.920 bits per heavy atom. The summed E-state index contributed by atoms with van der Waals surface area (Å²) in [7, 11) is 0. The van der Waals surface area contributed by atoms with Crippen LogP contribution in [0.1, 0.15) is 37.3 Å². The van der Waals surface area contributed by atoms with Gasteiger partial charge in [-0.25, -0.2) is 0 Å². The molecule has 0 N–H and O–H groups in total. The lowest BCUT2D eigenvalue weighted by Gasteiger charge is -2.25. The van der Waals surface area contributed by atoms with E-state index in [1.807, 2.05) is 36.4 Å². The van der Waals surface area contributed by atoms with Crippen molar-refractivity contribution in [1.82, 2.24) is 4.98 Å². The molecule has 1 aromatic heterocycles. The number of pyridine rings is 1. The number of hydrogen-bond donors (Lipinski definition) is 0. The fraction of sp³-hybridized carbons (Fsp3) is 0.381. The first-order chi connectivity index (χ1) is 12.1. The Hall–Kier alpha value is -2.49. The molecule has 2 fully saturated rings. The third-order valence-electron chi connectivity index (χ3n) is 5.54. The molecule has 1 aliphatic carbocycles. The van der Waals surface area contributed by atoms with Crippen LogP contribution in [0, 0.1) is 17.8 Å². The minimum atomic E-state index is -0.118. The summed E-state index contributed by atoms with van der Waals surface area (Å²) in [5, 5.41) is 0. The molecule has 0 unspecified atom stereocenters. The summed E-state index contributed by atoms with van der Waals surface area (Å²) < 4.78 is 0. The molecule has 0 spiro atoms. The molecule has 3 atom stereocenters. The van der Waals surface area contributed by atoms with E-state index in [9.17, 15) is 9.59 Å². The average molecular weight is 334 g/mol. The Bertz CT molecular complexity index is 785. The van der Waals surface area contributed by atoms with Gasteiger partial charge in [-0.1, -0.05) is 19.1 Å². The fourth-order valence-electron chi connectivity index (χ4n) is 4.14. The summed E-state index contributed by atoms with van der Waals surface area (Å²) >= 11 is 0. The van der Waals surface area contributed by atoms with Crippen LogP contribution in [0.2, 0.25) is 0 Å². The highest BCUT2D eigenvalue weighted by Gasteiger charge is 2.49. The second-order valence-corrected chi connectivity index (χ2v) is 7.34. The zero-order chi connectivity index (χ0) is 17.4. The number of nitrogens with zero attached hydrogens (tertiary/aromatic N) is 2. The third-order valence-corrected chi connectivity index (χ3v) is 5.54. The van der Waals surface area contributed by atoms with Gasteiger partial charge in [-0.15, -0.1) is 0 Å². The molecular formula is C21H22N2O2. The number of hydrogen-bond acceptors (Lipinski definition) is 3. The molecule has 1 saturated carbocycles. The molecule has 1 saturated heterocycles. The van der Waals surface area contributed by atoms with E-state index < -0.39 is 0 Å². The van der Waals surface area contributed by atoms with E-state index in [2.05, 4.69) is 11.9 Å². The number of anilines is 1. The Kier molecular flexibility index (Phi) is 4.12. The van der Waals surface area contributed by atoms with Gasteiger partial charge in [-0.05, 0) is 67.0 Å². The van der Waals surface area contributed by atoms with Crippen LogP contribution in [-0.4, -0.2) is 16.8 Å². The van der Waals surface area contributed by atoms with Crippen molar-refractivity contribution in [2.24, 2.45) is 17.8 Å². The van der Waals surface area contributed by atoms with Gasteiger partial charge in [0.05, 0.1) is 17.5 Å². The predicted octanol–water partition coefficient (Wildman–Crippen LogP) is 3.60. The van der Waals surface area contributed by atoms with E-state index in [0.717, 1.165) is 31.2 Å². The summed E-state index contributed by atoms with van der Waals surface area (Å²) in [6.45, 7) is 2.17. The highest BCUT2D eigenvalue weighted by atomic mass is 16.2. The first-order valence-electron chi connectivity index (χ1n) is 8.99. The van der Waals surface area contributed by atoms with Gasteiger partial charge >= 0.3 is 0 Å². The summed E-state index contributed by atoms with van der Waals surface area (Å²) in [5.74, 6) is 0.279. The Labute approximate surface area is 147 Å². The van der Waals surface area contributed by atoms with E-state index in [-0.39, 0.29) is 23.7 Å². The average Bonchev–Trinajstić information content (AvgIpc) is 2.87. The van der Waals surface area contributed by atoms with Gasteiger partial charge in [0.1, 0.15) is 0 Å². The molecule has 0 radical (unpaired) electrons. The van der Waals surface area contributed by atoms with Crippen LogP contribution >= 0.6 is 0 Å². The molecule has 2 aromatic rings. The van der Waals surface area contributed by atoms with Crippen molar-refractivity contribution in [2.75, 3.05) is 4.90 Å². The van der Waals surface area contributed by atoms with Crippen molar-refractivity contribution in [3.8, 4) is 0 Å². The van der Waals surface area contributed by atoms with E-state index in [0.29, 0.717) is 11.6 Å². The van der Waals surface area contributed by atoms with Gasteiger partial charge in [0, 0.05) is 12.4 Å². The molecule has 1 aliphatic heterocycles. The number of amides is 2. The molecule has 2 amide bonds. The standard InChI is InChI=1S/C21H22N2O2/c1-14-2-7-18-19(12-14)21(25)23(20(18)24)17-5-3-15(4-6-17)13-16-8-10-22-11-9-16/h3-6,8-11,14,18-19H,2,7,12-13H2,1H3/t14-,18+,19-/m1/s1. The van der Waals surface area contributed by atoms with Crippen molar-refractivity contribution in [3.63, 3.8) is 0 Å². The SMILES string of the molecule is C[C@@H]1CC[C@@H]2C(=O)N(c3ccc(Cc4ccncc4)cc3)C(=O)[C@@H]2C1. The number of benzene rings is 1. The Morgan fingerprint density at radius 3 is 2.28 bits per heavy atom. The topological polar surface area (TPSA) is 50.3 Å². The van der Waals surface area contributed by atoms with Gasteiger partial charge in [-0.3, -0.25) is 19.5 Å². The maximum Gasteiger partial charge on any atom is 0.237 e. The highest BCUT2D eigenvalue weighted by molar-refractivity contribution is 6.22. The molecule has 4 rings (SSSR count). The third kappa shape index (κ3) is 2.97. The fourth-order valence-corrected chi connectivity index (χ4v) is 4.14. The lowest BCUT2D eigenvalue weighted by Crippen LogP contribution is -2.30. The summed E-state index contributed by atoms with van der Waals surface area (Å²) in [5.41, 5.74) is 3.05. The predicted molar refractivity (Wildman–Crippen MR) is 96.0 cm³/mol. The van der Waals surface area contributed by atoms with E-state index in [1.54, 1.807) is 12.4 Å². The molecule has 4 heteroatoms. The minimum absolute atomic E-state index is 0.0104. The highest BCUT2D eigenvalue weighted by Crippen LogP contribution is 2.42. The molecule has 25 heavy (non-hydrogen) atoms. The van der Waals surface area contributed by atoms with Gasteiger partial charge in [-0.2, -0.15) is 0 Å². The first-order valence-corrected chi connectivity index (χ1v) is 8.99. The number of carbonyl (C=O) groups excluding carboxylic acids is 2. The number of rotatable bonds is 3. The Balaban J connectivity index is 1.54. The lowest BCUT2D eigenvalue weighted by atomic mass is 9.76. The smallest absolute Gasteiger partial charge is 0.237 e. The van der Waals surface area contributed by atoms with E-state index in [1.165, 1.54) is 10.5 Å². The zero-order valence-electron chi connectivity index (χ0n) is 14.4. The number of imide groups is 1. The minimum Gasteiger partial charge on any atom is -0.274 e. The van der Waals surface area contributed by atoms with Gasteiger partial charge in [0.15, 0.2) is 0 Å². The molecular weight excluding hydrogens is 312 g/mol. The van der Waals surface area contributed by atoms with Crippen LogP contribution in [-0.2, 0) is 16.0 Å². The van der Waals surface area contributed by atoms with Crippen LogP contribution in [0.25, 0.3) is 0 Å². The van der Waals surface area contributed by atoms with Crippen molar-refractivity contribution in [3.05, 3.63) is 59.9 Å². The maximum absolute atomic E-state index is 12.8. The van der Waals surface area contributed by atoms with Crippen LogP contribution in [0.5, 0.6) is 0 Å². The number of fused-ring (bicyclic) bond motifs is 1. The van der Waals surface area contributed by atoms with Crippen molar-refractivity contribution in [1.29, 1.82) is 0 Å². The van der Waals surface area contributed by atoms with Gasteiger partial charge < -0.3 is 0 Å². The van der Waals surface area contributed by atoms with Crippen LogP contribution in [0.15, 0.2) is 48.8 Å². The van der Waals surface area contributed by atoms with Crippen molar-refractivity contribution >= 4 is 17.5 Å². The largest absolute Gasteiger partial charge is 0.274 e. The van der Waals surface area contributed by atoms with Crippen LogP contribution < -0.4 is 4.90 Å². The van der Waals surface area contributed by atoms with Crippen LogP contribution in [0.4, 0.5) is 5.69 Å². The molecule has 2 aliphatic rings. The molecule has 2 heterocycles. The van der Waals surface area contributed by atoms with Gasteiger partial charge in [0.25, 0.3) is 0 Å². The molecule has 1 aromatic carbocycles.